The molecule has 2 bridgehead atoms. The van der Waals surface area contributed by atoms with Crippen LogP contribution in [0.2, 0.25) is 0 Å². The topological polar surface area (TPSA) is 55.2 Å². The van der Waals surface area contributed by atoms with Crippen molar-refractivity contribution in [1.29, 1.82) is 0 Å². The van der Waals surface area contributed by atoms with E-state index in [0.29, 0.717) is 12.3 Å². The summed E-state index contributed by atoms with van der Waals surface area (Å²) in [4.78, 5) is 31.6. The molecule has 3 atom stereocenters. The van der Waals surface area contributed by atoms with E-state index in [-0.39, 0.29) is 23.4 Å². The van der Waals surface area contributed by atoms with E-state index in [2.05, 4.69) is 18.0 Å². The van der Waals surface area contributed by atoms with Crippen LogP contribution in [0.25, 0.3) is 0 Å². The monoisotopic (exact) mass is 365 g/mol. The summed E-state index contributed by atoms with van der Waals surface area (Å²) in [7, 11) is 0. The van der Waals surface area contributed by atoms with Gasteiger partial charge in [-0.05, 0) is 42.9 Å². The highest BCUT2D eigenvalue weighted by Gasteiger charge is 2.41. The molecule has 1 saturated heterocycles. The molecule has 0 saturated carbocycles. The first-order valence-electron chi connectivity index (χ1n) is 10.1. The van der Waals surface area contributed by atoms with E-state index >= 15 is 0 Å². The average molecular weight is 365 g/mol. The fourth-order valence-corrected chi connectivity index (χ4v) is 4.87. The van der Waals surface area contributed by atoms with Crippen LogP contribution in [0.4, 0.5) is 0 Å². The molecule has 0 N–H and O–H groups in total. The van der Waals surface area contributed by atoms with E-state index in [1.807, 2.05) is 33.9 Å². The van der Waals surface area contributed by atoms with E-state index in [0.717, 1.165) is 50.0 Å². The summed E-state index contributed by atoms with van der Waals surface area (Å²) in [5, 5.41) is 0. The maximum atomic E-state index is 12.9. The van der Waals surface area contributed by atoms with Crippen LogP contribution < -0.4 is 5.56 Å². The van der Waals surface area contributed by atoms with Gasteiger partial charge >= 0.3 is 0 Å². The van der Waals surface area contributed by atoms with Crippen LogP contribution in [0.5, 0.6) is 0 Å². The second-order valence-corrected chi connectivity index (χ2v) is 7.87. The lowest BCUT2D eigenvalue weighted by Crippen LogP contribution is -2.51. The van der Waals surface area contributed by atoms with E-state index in [1.165, 1.54) is 0 Å². The van der Waals surface area contributed by atoms with Gasteiger partial charge in [0.15, 0.2) is 0 Å². The molecular weight excluding hydrogens is 338 g/mol. The zero-order valence-electron chi connectivity index (χ0n) is 15.9. The van der Waals surface area contributed by atoms with Crippen molar-refractivity contribution >= 4 is 5.91 Å². The number of hydrogen-bond acceptors (Lipinski definition) is 3. The van der Waals surface area contributed by atoms with Gasteiger partial charge in [0.1, 0.15) is 0 Å². The first kappa shape index (κ1) is 18.0. The van der Waals surface area contributed by atoms with Crippen molar-refractivity contribution in [3.8, 4) is 0 Å². The summed E-state index contributed by atoms with van der Waals surface area (Å²) in [5.74, 6) is 0.863. The van der Waals surface area contributed by atoms with Crippen molar-refractivity contribution in [3.63, 3.8) is 0 Å². The minimum Gasteiger partial charge on any atom is -0.342 e. The molecule has 0 aromatic carbocycles. The molecule has 0 aliphatic carbocycles. The molecule has 27 heavy (non-hydrogen) atoms. The quantitative estimate of drug-likeness (QED) is 0.818. The first-order valence-corrected chi connectivity index (χ1v) is 10.1. The molecule has 2 aromatic heterocycles. The van der Waals surface area contributed by atoms with Crippen molar-refractivity contribution in [2.24, 2.45) is 5.92 Å². The van der Waals surface area contributed by atoms with Gasteiger partial charge in [0.25, 0.3) is 5.56 Å². The van der Waals surface area contributed by atoms with Crippen LogP contribution in [0, 0.1) is 5.92 Å². The van der Waals surface area contributed by atoms with Gasteiger partial charge in [-0.1, -0.05) is 25.5 Å². The molecule has 2 aromatic rings. The van der Waals surface area contributed by atoms with E-state index in [4.69, 9.17) is 0 Å². The number of fused-ring (bicyclic) bond motifs is 4. The van der Waals surface area contributed by atoms with Gasteiger partial charge in [-0.25, -0.2) is 0 Å². The summed E-state index contributed by atoms with van der Waals surface area (Å²) in [6, 6.07) is 9.75. The van der Waals surface area contributed by atoms with Gasteiger partial charge in [-0.3, -0.25) is 14.6 Å². The SMILES string of the molecule is CCC[C@H]1[C@H]2C[C@H](CN(C(=O)CCc3cccnc3)C2)c2cccc(=O)n21. The Morgan fingerprint density at radius 3 is 2.89 bits per heavy atom. The van der Waals surface area contributed by atoms with Gasteiger partial charge < -0.3 is 9.47 Å². The highest BCUT2D eigenvalue weighted by Crippen LogP contribution is 2.42. The summed E-state index contributed by atoms with van der Waals surface area (Å²) in [6.07, 6.45) is 7.95. The fourth-order valence-electron chi connectivity index (χ4n) is 4.87. The molecule has 1 fully saturated rings. The van der Waals surface area contributed by atoms with Crippen molar-refractivity contribution < 1.29 is 4.79 Å². The van der Waals surface area contributed by atoms with Gasteiger partial charge in [0.05, 0.1) is 0 Å². The Bertz CT molecular complexity index is 861. The molecule has 142 valence electrons. The number of likely N-dealkylation sites (tertiary alicyclic amines) is 1. The maximum absolute atomic E-state index is 12.9. The number of amides is 1. The molecule has 4 heterocycles. The van der Waals surface area contributed by atoms with Crippen LogP contribution >= 0.6 is 0 Å². The van der Waals surface area contributed by atoms with Crippen molar-refractivity contribution in [2.45, 2.75) is 51.0 Å². The van der Waals surface area contributed by atoms with Crippen molar-refractivity contribution in [2.75, 3.05) is 13.1 Å². The number of pyridine rings is 2. The van der Waals surface area contributed by atoms with Crippen LogP contribution in [0.1, 0.15) is 55.8 Å². The summed E-state index contributed by atoms with van der Waals surface area (Å²) in [5.41, 5.74) is 2.32. The third kappa shape index (κ3) is 3.55. The Balaban J connectivity index is 1.53. The van der Waals surface area contributed by atoms with Crippen molar-refractivity contribution in [3.05, 3.63) is 64.3 Å². The molecule has 5 heteroatoms. The molecule has 0 unspecified atom stereocenters. The Labute approximate surface area is 160 Å². The highest BCUT2D eigenvalue weighted by atomic mass is 16.2. The molecule has 2 aliphatic rings. The van der Waals surface area contributed by atoms with E-state index < -0.39 is 0 Å². The van der Waals surface area contributed by atoms with Gasteiger partial charge in [-0.15, -0.1) is 0 Å². The second kappa shape index (κ2) is 7.67. The molecular formula is C22H27N3O2. The third-order valence-corrected chi connectivity index (χ3v) is 6.09. The molecule has 2 aliphatic heterocycles. The summed E-state index contributed by atoms with van der Waals surface area (Å²) in [6.45, 7) is 3.66. The fraction of sp³-hybridized carbons (Fsp3) is 0.500. The highest BCUT2D eigenvalue weighted by molar-refractivity contribution is 5.76. The number of nitrogens with zero attached hydrogens (tertiary/aromatic N) is 3. The Kier molecular flexibility index (Phi) is 5.10. The predicted molar refractivity (Wildman–Crippen MR) is 105 cm³/mol. The second-order valence-electron chi connectivity index (χ2n) is 7.87. The predicted octanol–water partition coefficient (Wildman–Crippen LogP) is 3.16. The van der Waals surface area contributed by atoms with Crippen LogP contribution in [-0.2, 0) is 11.2 Å². The number of aryl methyl sites for hydroxylation is 1. The smallest absolute Gasteiger partial charge is 0.250 e. The van der Waals surface area contributed by atoms with Gasteiger partial charge in [0.2, 0.25) is 5.91 Å². The minimum atomic E-state index is 0.108. The third-order valence-electron chi connectivity index (χ3n) is 6.09. The minimum absolute atomic E-state index is 0.108. The first-order chi connectivity index (χ1) is 13.2. The lowest BCUT2D eigenvalue weighted by molar-refractivity contribution is -0.134. The van der Waals surface area contributed by atoms with Crippen LogP contribution in [0.15, 0.2) is 47.5 Å². The van der Waals surface area contributed by atoms with E-state index in [9.17, 15) is 9.59 Å². The summed E-state index contributed by atoms with van der Waals surface area (Å²) >= 11 is 0. The standard InChI is InChI=1S/C22H27N3O2/c1-2-5-19-17-12-18(20-7-3-8-22(27)25(19)20)15-24(14-17)21(26)10-9-16-6-4-11-23-13-16/h3-4,6-8,11,13,17-19H,2,5,9-10,12,14-15H2,1H3/t17-,18+,19-/m0/s1. The van der Waals surface area contributed by atoms with Crippen LogP contribution in [0.3, 0.4) is 0 Å². The van der Waals surface area contributed by atoms with Crippen molar-refractivity contribution in [1.82, 2.24) is 14.5 Å². The zero-order valence-corrected chi connectivity index (χ0v) is 15.9. The van der Waals surface area contributed by atoms with E-state index in [1.54, 1.807) is 12.3 Å². The molecule has 1 amide bonds. The maximum Gasteiger partial charge on any atom is 0.250 e. The number of hydrogen-bond donors (Lipinski definition) is 0. The lowest BCUT2D eigenvalue weighted by Gasteiger charge is -2.47. The number of carbonyl (C=O) groups is 1. The average Bonchev–Trinajstić information content (AvgIpc) is 2.70. The summed E-state index contributed by atoms with van der Waals surface area (Å²) < 4.78 is 2.03. The lowest BCUT2D eigenvalue weighted by atomic mass is 9.77. The number of piperidine rings is 1. The Morgan fingerprint density at radius 1 is 1.22 bits per heavy atom. The normalized spacial score (nSPS) is 23.7. The van der Waals surface area contributed by atoms with Crippen LogP contribution in [-0.4, -0.2) is 33.4 Å². The molecule has 0 spiro atoms. The van der Waals surface area contributed by atoms with Gasteiger partial charge in [0, 0.05) is 55.6 Å². The molecule has 0 radical (unpaired) electrons. The zero-order chi connectivity index (χ0) is 18.8. The Morgan fingerprint density at radius 2 is 2.11 bits per heavy atom. The largest absolute Gasteiger partial charge is 0.342 e. The number of carbonyl (C=O) groups excluding carboxylic acids is 1. The van der Waals surface area contributed by atoms with Gasteiger partial charge in [-0.2, -0.15) is 0 Å². The Hall–Kier alpha value is -2.43. The number of rotatable bonds is 5. The number of aromatic nitrogens is 2. The molecule has 5 nitrogen and oxygen atoms in total. The molecule has 4 rings (SSSR count).